The molecule has 0 aromatic carbocycles. The summed E-state index contributed by atoms with van der Waals surface area (Å²) < 4.78 is 0. The third-order valence-electron chi connectivity index (χ3n) is 6.17. The van der Waals surface area contributed by atoms with Crippen molar-refractivity contribution < 1.29 is 9.90 Å². The number of hydrogen-bond acceptors (Lipinski definition) is 6. The number of nitrogens with zero attached hydrogens (tertiary/aromatic N) is 3. The number of carbonyl (C=O) groups is 1. The smallest absolute Gasteiger partial charge is 0.230 e. The number of fused-ring (bicyclic) bond motifs is 3. The Hall–Kier alpha value is -1.73. The monoisotopic (exact) mass is 400 g/mol. The van der Waals surface area contributed by atoms with Crippen LogP contribution in [0.4, 0.5) is 5.82 Å². The van der Waals surface area contributed by atoms with Crippen LogP contribution >= 0.6 is 11.3 Å². The minimum Gasteiger partial charge on any atom is -0.391 e. The van der Waals surface area contributed by atoms with Crippen molar-refractivity contribution in [2.45, 2.75) is 63.9 Å². The zero-order valence-electron chi connectivity index (χ0n) is 16.2. The van der Waals surface area contributed by atoms with Crippen molar-refractivity contribution in [3.8, 4) is 0 Å². The number of anilines is 1. The maximum Gasteiger partial charge on any atom is 0.230 e. The van der Waals surface area contributed by atoms with Gasteiger partial charge in [0, 0.05) is 24.5 Å². The van der Waals surface area contributed by atoms with E-state index in [0.717, 1.165) is 55.3 Å². The normalized spacial score (nSPS) is 22.3. The van der Waals surface area contributed by atoms with Crippen molar-refractivity contribution in [3.63, 3.8) is 0 Å². The fourth-order valence-corrected chi connectivity index (χ4v) is 5.68. The van der Waals surface area contributed by atoms with Crippen LogP contribution in [0.1, 0.15) is 54.8 Å². The van der Waals surface area contributed by atoms with Crippen molar-refractivity contribution >= 4 is 33.3 Å². The summed E-state index contributed by atoms with van der Waals surface area (Å²) >= 11 is 1.78. The molecule has 6 nitrogen and oxygen atoms in total. The molecule has 1 aliphatic heterocycles. The maximum atomic E-state index is 12.7. The number of rotatable bonds is 5. The van der Waals surface area contributed by atoms with E-state index in [2.05, 4.69) is 5.32 Å². The van der Waals surface area contributed by atoms with Crippen LogP contribution in [0.25, 0.3) is 10.2 Å². The molecular weight excluding hydrogens is 372 g/mol. The van der Waals surface area contributed by atoms with Gasteiger partial charge in [-0.1, -0.05) is 0 Å². The average molecular weight is 401 g/mol. The molecule has 2 fully saturated rings. The Labute approximate surface area is 169 Å². The van der Waals surface area contributed by atoms with Crippen LogP contribution in [-0.4, -0.2) is 51.6 Å². The molecule has 28 heavy (non-hydrogen) atoms. The lowest BCUT2D eigenvalue weighted by atomic mass is 9.97. The first-order chi connectivity index (χ1) is 13.7. The van der Waals surface area contributed by atoms with Gasteiger partial charge in [-0.3, -0.25) is 4.79 Å². The van der Waals surface area contributed by atoms with Gasteiger partial charge in [0.05, 0.1) is 17.9 Å². The molecule has 1 atom stereocenters. The van der Waals surface area contributed by atoms with Crippen molar-refractivity contribution in [2.24, 2.45) is 5.92 Å². The Morgan fingerprint density at radius 3 is 2.86 bits per heavy atom. The molecule has 7 heteroatoms. The fraction of sp³-hybridized carbons (Fsp3) is 0.667. The predicted octanol–water partition coefficient (Wildman–Crippen LogP) is 2.92. The first kappa shape index (κ1) is 18.3. The Kier molecular flexibility index (Phi) is 4.97. The highest BCUT2D eigenvalue weighted by Crippen LogP contribution is 2.39. The minimum atomic E-state index is -0.402. The summed E-state index contributed by atoms with van der Waals surface area (Å²) in [4.78, 5) is 26.6. The number of aryl methyl sites for hydroxylation is 2. The van der Waals surface area contributed by atoms with Gasteiger partial charge in [0.2, 0.25) is 5.91 Å². The molecule has 150 valence electrons. The van der Waals surface area contributed by atoms with Crippen LogP contribution in [0.5, 0.6) is 0 Å². The van der Waals surface area contributed by atoms with E-state index >= 15 is 0 Å². The largest absolute Gasteiger partial charge is 0.391 e. The topological polar surface area (TPSA) is 78.4 Å². The van der Waals surface area contributed by atoms with Crippen molar-refractivity contribution in [2.75, 3.05) is 25.0 Å². The summed E-state index contributed by atoms with van der Waals surface area (Å²) in [6.07, 6.45) is 8.78. The van der Waals surface area contributed by atoms with E-state index in [-0.39, 0.29) is 12.3 Å². The Morgan fingerprint density at radius 1 is 1.18 bits per heavy atom. The van der Waals surface area contributed by atoms with Gasteiger partial charge in [-0.05, 0) is 62.8 Å². The number of β-amino-alcohol motifs (C(OH)–C–C–N with tert-alkyl or cyclic N) is 1. The molecule has 1 amide bonds. The number of aliphatic hydroxyl groups is 1. The van der Waals surface area contributed by atoms with E-state index in [4.69, 9.17) is 9.97 Å². The number of hydrogen-bond donors (Lipinski definition) is 2. The number of piperidine rings is 1. The van der Waals surface area contributed by atoms with Gasteiger partial charge in [0.25, 0.3) is 0 Å². The van der Waals surface area contributed by atoms with Crippen molar-refractivity contribution in [1.82, 2.24) is 14.9 Å². The minimum absolute atomic E-state index is 0.0209. The van der Waals surface area contributed by atoms with E-state index in [9.17, 15) is 9.90 Å². The second kappa shape index (κ2) is 7.59. The average Bonchev–Trinajstić information content (AvgIpc) is 3.44. The molecule has 1 saturated carbocycles. The number of amides is 1. The van der Waals surface area contributed by atoms with E-state index in [1.165, 1.54) is 41.5 Å². The number of carbonyl (C=O) groups excluding carboxylic acids is 1. The molecule has 0 bridgehead atoms. The molecule has 0 radical (unpaired) electrons. The van der Waals surface area contributed by atoms with Gasteiger partial charge in [-0.25, -0.2) is 9.97 Å². The van der Waals surface area contributed by atoms with Crippen LogP contribution in [0.15, 0.2) is 0 Å². The molecule has 2 aromatic rings. The van der Waals surface area contributed by atoms with E-state index < -0.39 is 6.10 Å². The molecule has 3 aliphatic rings. The summed E-state index contributed by atoms with van der Waals surface area (Å²) in [5.41, 5.74) is 1.43. The highest BCUT2D eigenvalue weighted by molar-refractivity contribution is 7.19. The van der Waals surface area contributed by atoms with Crippen molar-refractivity contribution in [1.29, 1.82) is 0 Å². The Bertz CT molecular complexity index is 892. The molecular formula is C21H28N4O2S. The quantitative estimate of drug-likeness (QED) is 0.807. The van der Waals surface area contributed by atoms with Gasteiger partial charge in [-0.2, -0.15) is 0 Å². The van der Waals surface area contributed by atoms with Gasteiger partial charge in [0.1, 0.15) is 16.5 Å². The molecule has 1 saturated heterocycles. The zero-order valence-corrected chi connectivity index (χ0v) is 17.1. The molecule has 2 N–H and O–H groups in total. The second-order valence-electron chi connectivity index (χ2n) is 8.52. The lowest BCUT2D eigenvalue weighted by Crippen LogP contribution is -2.43. The Balaban J connectivity index is 1.44. The summed E-state index contributed by atoms with van der Waals surface area (Å²) in [7, 11) is 0. The molecule has 0 spiro atoms. The van der Waals surface area contributed by atoms with Gasteiger partial charge >= 0.3 is 0 Å². The number of likely N-dealkylation sites (tertiary alicyclic amines) is 1. The summed E-state index contributed by atoms with van der Waals surface area (Å²) in [6.45, 7) is 2.11. The number of aromatic nitrogens is 2. The van der Waals surface area contributed by atoms with Crippen LogP contribution in [-0.2, 0) is 24.1 Å². The molecule has 2 aromatic heterocycles. The Morgan fingerprint density at radius 2 is 2.04 bits per heavy atom. The van der Waals surface area contributed by atoms with Gasteiger partial charge in [0.15, 0.2) is 0 Å². The fourth-order valence-electron chi connectivity index (χ4n) is 4.40. The van der Waals surface area contributed by atoms with Crippen LogP contribution in [0.2, 0.25) is 0 Å². The zero-order chi connectivity index (χ0) is 19.1. The first-order valence-electron chi connectivity index (χ1n) is 10.7. The SMILES string of the molecule is O=C(Cc1nc(NCC2CC2)c2c3c(sc2n1)CCCC3)N1CCCC(O)C1. The predicted molar refractivity (Wildman–Crippen MR) is 111 cm³/mol. The third-order valence-corrected chi connectivity index (χ3v) is 7.36. The van der Waals surface area contributed by atoms with E-state index in [0.29, 0.717) is 12.4 Å². The highest BCUT2D eigenvalue weighted by Gasteiger charge is 2.26. The third kappa shape index (κ3) is 3.74. The number of thiophene rings is 1. The van der Waals surface area contributed by atoms with Crippen molar-refractivity contribution in [3.05, 3.63) is 16.3 Å². The van der Waals surface area contributed by atoms with Crippen LogP contribution in [0.3, 0.4) is 0 Å². The first-order valence-corrected chi connectivity index (χ1v) is 11.5. The molecule has 2 aliphatic carbocycles. The molecule has 3 heterocycles. The number of aliphatic hydroxyl groups excluding tert-OH is 1. The van der Waals surface area contributed by atoms with Gasteiger partial charge in [-0.15, -0.1) is 11.3 Å². The highest BCUT2D eigenvalue weighted by atomic mass is 32.1. The maximum absolute atomic E-state index is 12.7. The van der Waals surface area contributed by atoms with E-state index in [1.54, 1.807) is 16.2 Å². The molecule has 5 rings (SSSR count). The second-order valence-corrected chi connectivity index (χ2v) is 9.60. The summed E-state index contributed by atoms with van der Waals surface area (Å²) in [6, 6.07) is 0. The van der Waals surface area contributed by atoms with Crippen LogP contribution in [0, 0.1) is 5.92 Å². The lowest BCUT2D eigenvalue weighted by Gasteiger charge is -2.30. The standard InChI is InChI=1S/C21H28N4O2S/c26-14-4-3-9-25(12-14)18(27)10-17-23-20(22-11-13-7-8-13)19-15-5-1-2-6-16(15)28-21(19)24-17/h13-14,26H,1-12H2,(H,22,23,24). The summed E-state index contributed by atoms with van der Waals surface area (Å²) in [5.74, 6) is 2.32. The van der Waals surface area contributed by atoms with E-state index in [1.807, 2.05) is 0 Å². The summed E-state index contributed by atoms with van der Waals surface area (Å²) in [5, 5.41) is 14.6. The van der Waals surface area contributed by atoms with Crippen LogP contribution < -0.4 is 5.32 Å². The lowest BCUT2D eigenvalue weighted by molar-refractivity contribution is -0.133. The molecule has 1 unspecified atom stereocenters. The van der Waals surface area contributed by atoms with Gasteiger partial charge < -0.3 is 15.3 Å². The number of nitrogens with one attached hydrogen (secondary N) is 1.